The number of rotatable bonds is 3. The van der Waals surface area contributed by atoms with Gasteiger partial charge in [0.2, 0.25) is 0 Å². The zero-order valence-corrected chi connectivity index (χ0v) is 9.75. The number of allylic oxidation sites excluding steroid dienone is 1. The second kappa shape index (κ2) is 8.18. The van der Waals surface area contributed by atoms with Crippen molar-refractivity contribution in [3.63, 3.8) is 0 Å². The molecule has 0 aliphatic rings. The van der Waals surface area contributed by atoms with Gasteiger partial charge in [-0.1, -0.05) is 18.2 Å². The number of aliphatic hydroxyl groups excluding tert-OH is 1. The second-order valence-corrected chi connectivity index (χ2v) is 2.98. The number of aromatic hydroxyl groups is 1. The van der Waals surface area contributed by atoms with Gasteiger partial charge >= 0.3 is 5.97 Å². The van der Waals surface area contributed by atoms with E-state index in [-0.39, 0.29) is 5.75 Å². The van der Waals surface area contributed by atoms with Gasteiger partial charge in [-0.3, -0.25) is 0 Å². The normalized spacial score (nSPS) is 9.59. The maximum Gasteiger partial charge on any atom is 0.329 e. The third kappa shape index (κ3) is 6.21. The minimum absolute atomic E-state index is 0.172. The molecule has 0 aliphatic carbocycles. The van der Waals surface area contributed by atoms with Crippen molar-refractivity contribution in [3.8, 4) is 11.5 Å². The number of aliphatic hydroxyl groups is 1. The summed E-state index contributed by atoms with van der Waals surface area (Å²) < 4.78 is 4.95. The molecule has 1 aromatic carbocycles. The molecule has 0 radical (unpaired) electrons. The number of benzene rings is 1. The van der Waals surface area contributed by atoms with E-state index in [2.05, 4.69) is 0 Å². The summed E-state index contributed by atoms with van der Waals surface area (Å²) >= 11 is 0. The molecule has 0 aromatic heterocycles. The van der Waals surface area contributed by atoms with Crippen LogP contribution in [-0.4, -0.2) is 35.0 Å². The number of carboxylic acids is 1. The zero-order chi connectivity index (χ0) is 13.3. The summed E-state index contributed by atoms with van der Waals surface area (Å²) in [6, 6.07) is 5.24. The van der Waals surface area contributed by atoms with Crippen LogP contribution >= 0.6 is 0 Å². The number of ether oxygens (including phenoxy) is 1. The summed E-state index contributed by atoms with van der Waals surface area (Å²) in [6.07, 6.45) is 3.88. The van der Waals surface area contributed by atoms with Gasteiger partial charge in [0.05, 0.1) is 7.11 Å². The van der Waals surface area contributed by atoms with Crippen LogP contribution in [0.1, 0.15) is 12.5 Å². The van der Waals surface area contributed by atoms with E-state index < -0.39 is 12.6 Å². The number of methoxy groups -OCH3 is 1. The fourth-order valence-corrected chi connectivity index (χ4v) is 0.990. The lowest BCUT2D eigenvalue weighted by atomic mass is 10.2. The van der Waals surface area contributed by atoms with E-state index >= 15 is 0 Å². The highest BCUT2D eigenvalue weighted by atomic mass is 16.5. The summed E-state index contributed by atoms with van der Waals surface area (Å²) in [5.74, 6) is -0.513. The number of carbonyl (C=O) groups is 1. The van der Waals surface area contributed by atoms with Crippen LogP contribution in [0.4, 0.5) is 0 Å². The molecule has 0 atom stereocenters. The summed E-state index contributed by atoms with van der Waals surface area (Å²) in [6.45, 7) is 1.17. The van der Waals surface area contributed by atoms with Gasteiger partial charge < -0.3 is 20.1 Å². The lowest BCUT2D eigenvalue weighted by Gasteiger charge is -2.03. The highest BCUT2D eigenvalue weighted by molar-refractivity contribution is 5.67. The Morgan fingerprint density at radius 1 is 1.47 bits per heavy atom. The van der Waals surface area contributed by atoms with Gasteiger partial charge in [-0.25, -0.2) is 4.79 Å². The van der Waals surface area contributed by atoms with Crippen molar-refractivity contribution in [3.05, 3.63) is 29.8 Å². The second-order valence-electron chi connectivity index (χ2n) is 2.98. The fourth-order valence-electron chi connectivity index (χ4n) is 0.990. The number of phenols is 1. The molecule has 0 bridgehead atoms. The van der Waals surface area contributed by atoms with Crippen molar-refractivity contribution in [1.29, 1.82) is 0 Å². The SMILES string of the molecule is CC=Cc1ccc(O)c(OC)c1.O=C(O)CO. The van der Waals surface area contributed by atoms with Crippen LogP contribution in [0, 0.1) is 0 Å². The van der Waals surface area contributed by atoms with Crippen LogP contribution in [0.5, 0.6) is 11.5 Å². The number of aliphatic carboxylic acids is 1. The predicted molar refractivity (Wildman–Crippen MR) is 64.1 cm³/mol. The van der Waals surface area contributed by atoms with E-state index in [1.807, 2.05) is 25.1 Å². The first-order valence-electron chi connectivity index (χ1n) is 4.87. The smallest absolute Gasteiger partial charge is 0.329 e. The molecule has 0 amide bonds. The molecular formula is C12H16O5. The number of hydrogen-bond acceptors (Lipinski definition) is 4. The van der Waals surface area contributed by atoms with Gasteiger partial charge in [-0.2, -0.15) is 0 Å². The molecule has 3 N–H and O–H groups in total. The van der Waals surface area contributed by atoms with Crippen molar-refractivity contribution in [2.45, 2.75) is 6.92 Å². The third-order valence-corrected chi connectivity index (χ3v) is 1.70. The molecular weight excluding hydrogens is 224 g/mol. The van der Waals surface area contributed by atoms with Gasteiger partial charge in [0.1, 0.15) is 6.61 Å². The molecule has 0 unspecified atom stereocenters. The summed E-state index contributed by atoms with van der Waals surface area (Å²) in [7, 11) is 1.54. The first-order chi connectivity index (χ1) is 8.04. The lowest BCUT2D eigenvalue weighted by Crippen LogP contribution is -1.98. The van der Waals surface area contributed by atoms with Crippen LogP contribution in [0.25, 0.3) is 6.08 Å². The Kier molecular flexibility index (Phi) is 7.21. The monoisotopic (exact) mass is 240 g/mol. The molecule has 94 valence electrons. The summed E-state index contributed by atoms with van der Waals surface area (Å²) in [4.78, 5) is 9.12. The van der Waals surface area contributed by atoms with E-state index in [9.17, 15) is 5.11 Å². The molecule has 0 fully saturated rings. The molecule has 17 heavy (non-hydrogen) atoms. The van der Waals surface area contributed by atoms with Crippen LogP contribution in [0.15, 0.2) is 24.3 Å². The van der Waals surface area contributed by atoms with Crippen molar-refractivity contribution in [2.75, 3.05) is 13.7 Å². The third-order valence-electron chi connectivity index (χ3n) is 1.70. The van der Waals surface area contributed by atoms with E-state index in [1.54, 1.807) is 12.1 Å². The summed E-state index contributed by atoms with van der Waals surface area (Å²) in [5.41, 5.74) is 1.02. The maximum absolute atomic E-state index is 9.25. The average molecular weight is 240 g/mol. The molecule has 5 heteroatoms. The van der Waals surface area contributed by atoms with Crippen molar-refractivity contribution in [2.24, 2.45) is 0 Å². The first-order valence-corrected chi connectivity index (χ1v) is 4.87. The van der Waals surface area contributed by atoms with Crippen molar-refractivity contribution < 1.29 is 24.9 Å². The molecule has 1 rings (SSSR count). The maximum atomic E-state index is 9.25. The molecule has 0 heterocycles. The highest BCUT2D eigenvalue weighted by Crippen LogP contribution is 2.26. The van der Waals surface area contributed by atoms with E-state index in [4.69, 9.17) is 19.7 Å². The number of carboxylic acid groups (broad SMARTS) is 1. The summed E-state index contributed by atoms with van der Waals surface area (Å²) in [5, 5.41) is 24.3. The zero-order valence-electron chi connectivity index (χ0n) is 9.75. The van der Waals surface area contributed by atoms with Gasteiger partial charge in [0, 0.05) is 0 Å². The topological polar surface area (TPSA) is 87.0 Å². The Morgan fingerprint density at radius 2 is 2.06 bits per heavy atom. The van der Waals surface area contributed by atoms with E-state index in [0.717, 1.165) is 5.56 Å². The Labute approximate surface area is 99.6 Å². The Morgan fingerprint density at radius 3 is 2.47 bits per heavy atom. The van der Waals surface area contributed by atoms with Crippen molar-refractivity contribution in [1.82, 2.24) is 0 Å². The van der Waals surface area contributed by atoms with E-state index in [1.165, 1.54) is 7.11 Å². The highest BCUT2D eigenvalue weighted by Gasteiger charge is 1.99. The van der Waals surface area contributed by atoms with Crippen LogP contribution in [0.2, 0.25) is 0 Å². The van der Waals surface area contributed by atoms with Gasteiger partial charge in [-0.05, 0) is 24.6 Å². The quantitative estimate of drug-likeness (QED) is 0.745. The van der Waals surface area contributed by atoms with Crippen LogP contribution in [0.3, 0.4) is 0 Å². The molecule has 0 saturated heterocycles. The van der Waals surface area contributed by atoms with Gasteiger partial charge in [0.15, 0.2) is 11.5 Å². The van der Waals surface area contributed by atoms with Crippen LogP contribution in [-0.2, 0) is 4.79 Å². The van der Waals surface area contributed by atoms with E-state index in [0.29, 0.717) is 5.75 Å². The Balaban J connectivity index is 0.000000437. The average Bonchev–Trinajstić information content (AvgIpc) is 2.32. The van der Waals surface area contributed by atoms with Crippen molar-refractivity contribution >= 4 is 12.0 Å². The molecule has 0 spiro atoms. The minimum Gasteiger partial charge on any atom is -0.504 e. The molecule has 5 nitrogen and oxygen atoms in total. The first kappa shape index (κ1) is 15.0. The number of hydrogen-bond donors (Lipinski definition) is 3. The molecule has 1 aromatic rings. The standard InChI is InChI=1S/C10H12O2.C2H4O3/c1-3-4-8-5-6-9(11)10(7-8)12-2;3-1-2(4)5/h3-7,11H,1-2H3;3H,1H2,(H,4,5). The molecule has 0 aliphatic heterocycles. The lowest BCUT2D eigenvalue weighted by molar-refractivity contribution is -0.140. The Bertz CT molecular complexity index is 384. The molecule has 0 saturated carbocycles. The largest absolute Gasteiger partial charge is 0.504 e. The fraction of sp³-hybridized carbons (Fsp3) is 0.250. The Hall–Kier alpha value is -2.01. The van der Waals surface area contributed by atoms with Gasteiger partial charge in [0.25, 0.3) is 0 Å². The van der Waals surface area contributed by atoms with Crippen LogP contribution < -0.4 is 4.74 Å². The predicted octanol–water partition coefficient (Wildman–Crippen LogP) is 1.50. The minimum atomic E-state index is -1.19. The van der Waals surface area contributed by atoms with Gasteiger partial charge in [-0.15, -0.1) is 0 Å². The number of phenolic OH excluding ortho intramolecular Hbond substituents is 1.